The van der Waals surface area contributed by atoms with Gasteiger partial charge in [0.15, 0.2) is 6.61 Å². The van der Waals surface area contributed by atoms with Crippen molar-refractivity contribution in [2.75, 3.05) is 6.61 Å². The van der Waals surface area contributed by atoms with E-state index >= 15 is 0 Å². The third-order valence-electron chi connectivity index (χ3n) is 3.65. The molecule has 140 valence electrons. The SMILES string of the molecule is CC(NC(=O)COC(=O)c1ccccc1SCc1cscn1)c1ccco1. The number of hydrogen-bond donors (Lipinski definition) is 1. The number of carbonyl (C=O) groups excluding carboxylic acids is 2. The Kier molecular flexibility index (Phi) is 6.67. The summed E-state index contributed by atoms with van der Waals surface area (Å²) in [6.45, 7) is 1.44. The van der Waals surface area contributed by atoms with Crippen molar-refractivity contribution in [3.63, 3.8) is 0 Å². The molecule has 1 amide bonds. The van der Waals surface area contributed by atoms with Gasteiger partial charge in [-0.15, -0.1) is 23.1 Å². The third-order valence-corrected chi connectivity index (χ3v) is 5.39. The Labute approximate surface area is 164 Å². The Balaban J connectivity index is 1.53. The number of hydrogen-bond acceptors (Lipinski definition) is 7. The topological polar surface area (TPSA) is 81.4 Å². The number of benzene rings is 1. The van der Waals surface area contributed by atoms with Crippen LogP contribution in [-0.2, 0) is 15.3 Å². The molecule has 0 bridgehead atoms. The zero-order chi connectivity index (χ0) is 19.1. The maximum Gasteiger partial charge on any atom is 0.339 e. The molecule has 6 nitrogen and oxygen atoms in total. The number of rotatable bonds is 8. The van der Waals surface area contributed by atoms with Gasteiger partial charge in [-0.05, 0) is 31.2 Å². The molecule has 0 saturated carbocycles. The maximum atomic E-state index is 12.4. The molecule has 3 aromatic rings. The van der Waals surface area contributed by atoms with Crippen LogP contribution in [0.2, 0.25) is 0 Å². The maximum absolute atomic E-state index is 12.4. The molecule has 1 N–H and O–H groups in total. The van der Waals surface area contributed by atoms with E-state index in [0.29, 0.717) is 17.1 Å². The Bertz CT molecular complexity index is 879. The molecule has 0 fully saturated rings. The molecule has 2 aromatic heterocycles. The molecule has 8 heteroatoms. The summed E-state index contributed by atoms with van der Waals surface area (Å²) in [7, 11) is 0. The van der Waals surface area contributed by atoms with Crippen molar-refractivity contribution in [1.29, 1.82) is 0 Å². The summed E-state index contributed by atoms with van der Waals surface area (Å²) in [5.41, 5.74) is 3.17. The second-order valence-corrected chi connectivity index (χ2v) is 7.38. The standard InChI is InChI=1S/C19H18N2O4S2/c1-13(16-6-4-8-24-16)21-18(22)9-25-19(23)15-5-2-3-7-17(15)27-11-14-10-26-12-20-14/h2-8,10,12-13H,9,11H2,1H3,(H,21,22). The number of amides is 1. The van der Waals surface area contributed by atoms with Crippen LogP contribution in [0.4, 0.5) is 0 Å². The van der Waals surface area contributed by atoms with E-state index in [-0.39, 0.29) is 18.6 Å². The van der Waals surface area contributed by atoms with Crippen LogP contribution < -0.4 is 5.32 Å². The summed E-state index contributed by atoms with van der Waals surface area (Å²) < 4.78 is 10.4. The van der Waals surface area contributed by atoms with Crippen LogP contribution in [0.5, 0.6) is 0 Å². The van der Waals surface area contributed by atoms with Gasteiger partial charge in [0.25, 0.3) is 5.91 Å². The van der Waals surface area contributed by atoms with Crippen LogP contribution >= 0.6 is 23.1 Å². The normalized spacial score (nSPS) is 11.7. The first-order valence-electron chi connectivity index (χ1n) is 8.22. The summed E-state index contributed by atoms with van der Waals surface area (Å²) in [6, 6.07) is 10.4. The first-order chi connectivity index (χ1) is 13.1. The second kappa shape index (κ2) is 9.38. The highest BCUT2D eigenvalue weighted by Gasteiger charge is 2.17. The van der Waals surface area contributed by atoms with Crippen molar-refractivity contribution in [2.24, 2.45) is 0 Å². The van der Waals surface area contributed by atoms with E-state index in [1.165, 1.54) is 29.4 Å². The highest BCUT2D eigenvalue weighted by atomic mass is 32.2. The molecule has 0 radical (unpaired) electrons. The van der Waals surface area contributed by atoms with E-state index in [1.807, 2.05) is 17.5 Å². The molecule has 0 spiro atoms. The molecule has 0 saturated heterocycles. The van der Waals surface area contributed by atoms with Gasteiger partial charge in [0.2, 0.25) is 0 Å². The van der Waals surface area contributed by atoms with Crippen molar-refractivity contribution in [1.82, 2.24) is 10.3 Å². The Morgan fingerprint density at radius 2 is 2.15 bits per heavy atom. The Hall–Kier alpha value is -2.58. The molecular weight excluding hydrogens is 384 g/mol. The smallest absolute Gasteiger partial charge is 0.339 e. The number of esters is 1. The van der Waals surface area contributed by atoms with Crippen LogP contribution in [0.1, 0.15) is 34.8 Å². The van der Waals surface area contributed by atoms with Gasteiger partial charge in [-0.1, -0.05) is 12.1 Å². The summed E-state index contributed by atoms with van der Waals surface area (Å²) >= 11 is 3.04. The van der Waals surface area contributed by atoms with E-state index in [0.717, 1.165) is 10.6 Å². The fraction of sp³-hybridized carbons (Fsp3) is 0.211. The number of nitrogens with one attached hydrogen (secondary N) is 1. The zero-order valence-corrected chi connectivity index (χ0v) is 16.2. The van der Waals surface area contributed by atoms with Gasteiger partial charge < -0.3 is 14.5 Å². The highest BCUT2D eigenvalue weighted by Crippen LogP contribution is 2.26. The minimum absolute atomic E-state index is 0.299. The third kappa shape index (κ3) is 5.45. The van der Waals surface area contributed by atoms with Gasteiger partial charge in [0.1, 0.15) is 5.76 Å². The average Bonchev–Trinajstić information content (AvgIpc) is 3.38. The molecule has 0 aliphatic heterocycles. The first kappa shape index (κ1) is 19.2. The number of thioether (sulfide) groups is 1. The zero-order valence-electron chi connectivity index (χ0n) is 14.6. The lowest BCUT2D eigenvalue weighted by molar-refractivity contribution is -0.125. The van der Waals surface area contributed by atoms with Crippen molar-refractivity contribution in [3.8, 4) is 0 Å². The predicted octanol–water partition coefficient (Wildman–Crippen LogP) is 4.06. The lowest BCUT2D eigenvalue weighted by Gasteiger charge is -2.12. The average molecular weight is 402 g/mol. The molecule has 1 aromatic carbocycles. The number of carbonyl (C=O) groups is 2. The van der Waals surface area contributed by atoms with Gasteiger partial charge in [-0.25, -0.2) is 9.78 Å². The predicted molar refractivity (Wildman–Crippen MR) is 104 cm³/mol. The number of aromatic nitrogens is 1. The van der Waals surface area contributed by atoms with E-state index < -0.39 is 5.97 Å². The molecule has 1 atom stereocenters. The van der Waals surface area contributed by atoms with Crippen LogP contribution in [0.3, 0.4) is 0 Å². The molecule has 2 heterocycles. The quantitative estimate of drug-likeness (QED) is 0.452. The summed E-state index contributed by atoms with van der Waals surface area (Å²) in [4.78, 5) is 29.4. The minimum Gasteiger partial charge on any atom is -0.467 e. The lowest BCUT2D eigenvalue weighted by atomic mass is 10.2. The first-order valence-corrected chi connectivity index (χ1v) is 10.1. The van der Waals surface area contributed by atoms with Crippen molar-refractivity contribution >= 4 is 35.0 Å². The monoisotopic (exact) mass is 402 g/mol. The van der Waals surface area contributed by atoms with Crippen LogP contribution in [0, 0.1) is 0 Å². The minimum atomic E-state index is -0.530. The molecular formula is C19H18N2O4S2. The van der Waals surface area contributed by atoms with Crippen molar-refractivity contribution in [2.45, 2.75) is 23.6 Å². The second-order valence-electron chi connectivity index (χ2n) is 5.65. The van der Waals surface area contributed by atoms with Gasteiger partial charge in [0, 0.05) is 16.0 Å². The molecule has 0 aliphatic rings. The molecule has 1 unspecified atom stereocenters. The van der Waals surface area contributed by atoms with E-state index in [4.69, 9.17) is 9.15 Å². The van der Waals surface area contributed by atoms with Crippen molar-refractivity contribution < 1.29 is 18.7 Å². The molecule has 3 rings (SSSR count). The summed E-state index contributed by atoms with van der Waals surface area (Å²) in [5.74, 6) is 0.380. The van der Waals surface area contributed by atoms with E-state index in [1.54, 1.807) is 36.7 Å². The summed E-state index contributed by atoms with van der Waals surface area (Å²) in [6.07, 6.45) is 1.54. The number of ether oxygens (including phenoxy) is 1. The van der Waals surface area contributed by atoms with Gasteiger partial charge in [-0.3, -0.25) is 4.79 Å². The Morgan fingerprint density at radius 3 is 2.89 bits per heavy atom. The largest absolute Gasteiger partial charge is 0.467 e. The molecule has 0 aliphatic carbocycles. The Morgan fingerprint density at radius 1 is 1.30 bits per heavy atom. The fourth-order valence-corrected chi connectivity index (χ4v) is 3.93. The lowest BCUT2D eigenvalue weighted by Crippen LogP contribution is -2.31. The fourth-order valence-electron chi connectivity index (χ4n) is 2.32. The molecule has 27 heavy (non-hydrogen) atoms. The van der Waals surface area contributed by atoms with Gasteiger partial charge in [-0.2, -0.15) is 0 Å². The number of thiazole rings is 1. The van der Waals surface area contributed by atoms with E-state index in [9.17, 15) is 9.59 Å². The van der Waals surface area contributed by atoms with Crippen LogP contribution in [0.25, 0.3) is 0 Å². The van der Waals surface area contributed by atoms with Crippen LogP contribution in [-0.4, -0.2) is 23.5 Å². The van der Waals surface area contributed by atoms with Crippen LogP contribution in [0.15, 0.2) is 62.9 Å². The highest BCUT2D eigenvalue weighted by molar-refractivity contribution is 7.98. The van der Waals surface area contributed by atoms with Gasteiger partial charge in [0.05, 0.1) is 29.1 Å². The summed E-state index contributed by atoms with van der Waals surface area (Å²) in [5, 5.41) is 4.70. The number of nitrogens with zero attached hydrogens (tertiary/aromatic N) is 1. The van der Waals surface area contributed by atoms with E-state index in [2.05, 4.69) is 10.3 Å². The van der Waals surface area contributed by atoms with Gasteiger partial charge >= 0.3 is 5.97 Å². The number of furan rings is 1. The van der Waals surface area contributed by atoms with Crippen molar-refractivity contribution in [3.05, 3.63) is 70.6 Å².